The standard InChI is InChI=1S/C29H39N3O3/c1-17(2)20-9-11-21(12-10-20)30-29-31-24-15-23(28(33)35-7)27(34-6)16-26(24)32(29)25-14-19(5)8-13-22(25)18(3)4/h9-12,15-19,22,25H,8,13-14H2,1-7H3,(H,30,31)/t19-,22+,25-/m1/s1. The highest BCUT2D eigenvalue weighted by atomic mass is 16.5. The normalized spacial score (nSPS) is 20.4. The first-order valence-corrected chi connectivity index (χ1v) is 12.8. The number of hydrogen-bond acceptors (Lipinski definition) is 5. The van der Waals surface area contributed by atoms with Crippen molar-refractivity contribution >= 4 is 28.6 Å². The molecule has 0 saturated heterocycles. The van der Waals surface area contributed by atoms with Gasteiger partial charge < -0.3 is 19.4 Å². The van der Waals surface area contributed by atoms with Crippen molar-refractivity contribution in [3.05, 3.63) is 47.5 Å². The average molecular weight is 478 g/mol. The quantitative estimate of drug-likeness (QED) is 0.361. The number of carbonyl (C=O) groups excluding carboxylic acids is 1. The monoisotopic (exact) mass is 477 g/mol. The number of fused-ring (bicyclic) bond motifs is 1. The lowest BCUT2D eigenvalue weighted by Crippen LogP contribution is -2.30. The Morgan fingerprint density at radius 3 is 2.40 bits per heavy atom. The first-order valence-electron chi connectivity index (χ1n) is 12.8. The van der Waals surface area contributed by atoms with Gasteiger partial charge in [0.15, 0.2) is 0 Å². The number of imidazole rings is 1. The van der Waals surface area contributed by atoms with Gasteiger partial charge in [0.05, 0.1) is 25.3 Å². The number of anilines is 2. The Bertz CT molecular complexity index is 1180. The number of carbonyl (C=O) groups is 1. The predicted octanol–water partition coefficient (Wildman–Crippen LogP) is 7.33. The molecule has 1 aliphatic carbocycles. The fraction of sp³-hybridized carbons (Fsp3) is 0.517. The molecule has 4 rings (SSSR count). The molecular weight excluding hydrogens is 438 g/mol. The third-order valence-corrected chi connectivity index (χ3v) is 7.57. The maximum Gasteiger partial charge on any atom is 0.341 e. The lowest BCUT2D eigenvalue weighted by molar-refractivity contribution is 0.0597. The molecule has 6 heteroatoms. The number of esters is 1. The first-order chi connectivity index (χ1) is 16.7. The summed E-state index contributed by atoms with van der Waals surface area (Å²) in [6.45, 7) is 11.4. The van der Waals surface area contributed by atoms with Gasteiger partial charge in [-0.3, -0.25) is 0 Å². The van der Waals surface area contributed by atoms with Crippen LogP contribution >= 0.6 is 0 Å². The van der Waals surface area contributed by atoms with Gasteiger partial charge in [-0.2, -0.15) is 0 Å². The average Bonchev–Trinajstić information content (AvgIpc) is 3.19. The Kier molecular flexibility index (Phi) is 7.39. The molecule has 1 aromatic heterocycles. The van der Waals surface area contributed by atoms with Crippen molar-refractivity contribution in [3.8, 4) is 5.75 Å². The molecule has 35 heavy (non-hydrogen) atoms. The second-order valence-electron chi connectivity index (χ2n) is 10.6. The summed E-state index contributed by atoms with van der Waals surface area (Å²) in [5.74, 6) is 3.09. The van der Waals surface area contributed by atoms with Crippen LogP contribution in [-0.2, 0) is 4.74 Å². The molecule has 1 saturated carbocycles. The summed E-state index contributed by atoms with van der Waals surface area (Å²) in [7, 11) is 2.97. The van der Waals surface area contributed by atoms with Crippen molar-refractivity contribution in [3.63, 3.8) is 0 Å². The van der Waals surface area contributed by atoms with Crippen molar-refractivity contribution < 1.29 is 14.3 Å². The molecule has 1 aliphatic rings. The molecule has 2 aromatic carbocycles. The van der Waals surface area contributed by atoms with E-state index in [9.17, 15) is 4.79 Å². The summed E-state index contributed by atoms with van der Waals surface area (Å²) < 4.78 is 13.0. The molecule has 0 unspecified atom stereocenters. The molecule has 0 aliphatic heterocycles. The first kappa shape index (κ1) is 25.1. The SMILES string of the molecule is COC(=O)c1cc2nc(Nc3ccc(C(C)C)cc3)n([C@@H]3C[C@H](C)CC[C@H]3C(C)C)c2cc1OC. The lowest BCUT2D eigenvalue weighted by Gasteiger charge is -2.39. The topological polar surface area (TPSA) is 65.4 Å². The van der Waals surface area contributed by atoms with E-state index in [0.717, 1.165) is 29.1 Å². The maximum absolute atomic E-state index is 12.4. The molecule has 1 N–H and O–H groups in total. The smallest absolute Gasteiger partial charge is 0.341 e. The van der Waals surface area contributed by atoms with Crippen LogP contribution in [0.5, 0.6) is 5.75 Å². The summed E-state index contributed by atoms with van der Waals surface area (Å²) >= 11 is 0. The van der Waals surface area contributed by atoms with Crippen LogP contribution in [-0.4, -0.2) is 29.7 Å². The molecule has 0 amide bonds. The van der Waals surface area contributed by atoms with Crippen LogP contribution in [0.1, 0.15) is 81.8 Å². The van der Waals surface area contributed by atoms with Crippen LogP contribution in [0.2, 0.25) is 0 Å². The number of benzene rings is 2. The largest absolute Gasteiger partial charge is 0.496 e. The number of ether oxygens (including phenoxy) is 2. The van der Waals surface area contributed by atoms with Gasteiger partial charge in [0.2, 0.25) is 5.95 Å². The molecule has 6 nitrogen and oxygen atoms in total. The van der Waals surface area contributed by atoms with Gasteiger partial charge >= 0.3 is 5.97 Å². The highest BCUT2D eigenvalue weighted by Crippen LogP contribution is 2.45. The minimum atomic E-state index is -0.427. The van der Waals surface area contributed by atoms with Crippen molar-refractivity contribution in [1.29, 1.82) is 0 Å². The fourth-order valence-electron chi connectivity index (χ4n) is 5.51. The third-order valence-electron chi connectivity index (χ3n) is 7.57. The Balaban J connectivity index is 1.88. The molecule has 3 aromatic rings. The molecule has 0 bridgehead atoms. The van der Waals surface area contributed by atoms with Crippen LogP contribution in [0.25, 0.3) is 11.0 Å². The fourth-order valence-corrected chi connectivity index (χ4v) is 5.51. The van der Waals surface area contributed by atoms with Gasteiger partial charge in [-0.15, -0.1) is 0 Å². The molecule has 1 fully saturated rings. The molecule has 188 valence electrons. The Morgan fingerprint density at radius 1 is 1.09 bits per heavy atom. The summed E-state index contributed by atoms with van der Waals surface area (Å²) in [6.07, 6.45) is 3.54. The van der Waals surface area contributed by atoms with E-state index in [4.69, 9.17) is 14.5 Å². The summed E-state index contributed by atoms with van der Waals surface area (Å²) in [5, 5.41) is 3.59. The number of nitrogens with zero attached hydrogens (tertiary/aromatic N) is 2. The van der Waals surface area contributed by atoms with Crippen LogP contribution < -0.4 is 10.1 Å². The van der Waals surface area contributed by atoms with E-state index >= 15 is 0 Å². The molecular formula is C29H39N3O3. The van der Waals surface area contributed by atoms with Crippen molar-refractivity contribution in [2.24, 2.45) is 17.8 Å². The Morgan fingerprint density at radius 2 is 1.80 bits per heavy atom. The third kappa shape index (κ3) is 5.02. The number of nitrogens with one attached hydrogen (secondary N) is 1. The zero-order chi connectivity index (χ0) is 25.3. The van der Waals surface area contributed by atoms with Crippen LogP contribution in [0.15, 0.2) is 36.4 Å². The Hall–Kier alpha value is -3.02. The highest BCUT2D eigenvalue weighted by molar-refractivity contribution is 5.97. The molecule has 0 spiro atoms. The second-order valence-corrected chi connectivity index (χ2v) is 10.6. The summed E-state index contributed by atoms with van der Waals surface area (Å²) in [5.41, 5.74) is 4.42. The van der Waals surface area contributed by atoms with Crippen LogP contribution in [0, 0.1) is 17.8 Å². The van der Waals surface area contributed by atoms with Crippen molar-refractivity contribution in [2.45, 2.75) is 65.8 Å². The van der Waals surface area contributed by atoms with Gasteiger partial charge in [0.25, 0.3) is 0 Å². The zero-order valence-electron chi connectivity index (χ0n) is 22.1. The molecule has 0 radical (unpaired) electrons. The molecule has 1 heterocycles. The number of aromatic nitrogens is 2. The van der Waals surface area contributed by atoms with E-state index in [0.29, 0.717) is 41.0 Å². The van der Waals surface area contributed by atoms with Crippen molar-refractivity contribution in [1.82, 2.24) is 9.55 Å². The van der Waals surface area contributed by atoms with E-state index in [2.05, 4.69) is 68.8 Å². The van der Waals surface area contributed by atoms with Crippen LogP contribution in [0.3, 0.4) is 0 Å². The molecule has 3 atom stereocenters. The van der Waals surface area contributed by atoms with Gasteiger partial charge in [-0.05, 0) is 60.3 Å². The van der Waals surface area contributed by atoms with Gasteiger partial charge in [-0.1, -0.05) is 53.2 Å². The summed E-state index contributed by atoms with van der Waals surface area (Å²) in [4.78, 5) is 17.4. The predicted molar refractivity (Wildman–Crippen MR) is 142 cm³/mol. The minimum absolute atomic E-state index is 0.301. The second kappa shape index (κ2) is 10.3. The zero-order valence-corrected chi connectivity index (χ0v) is 22.1. The van der Waals surface area contributed by atoms with Gasteiger partial charge in [-0.25, -0.2) is 9.78 Å². The van der Waals surface area contributed by atoms with Gasteiger partial charge in [0, 0.05) is 17.8 Å². The lowest BCUT2D eigenvalue weighted by atomic mass is 9.74. The van der Waals surface area contributed by atoms with E-state index in [1.807, 2.05) is 6.07 Å². The van der Waals surface area contributed by atoms with Crippen LogP contribution in [0.4, 0.5) is 11.6 Å². The van der Waals surface area contributed by atoms with E-state index in [1.54, 1.807) is 13.2 Å². The van der Waals surface area contributed by atoms with E-state index in [-0.39, 0.29) is 0 Å². The van der Waals surface area contributed by atoms with Gasteiger partial charge in [0.1, 0.15) is 11.3 Å². The number of methoxy groups -OCH3 is 2. The number of rotatable bonds is 7. The minimum Gasteiger partial charge on any atom is -0.496 e. The van der Waals surface area contributed by atoms with Crippen molar-refractivity contribution in [2.75, 3.05) is 19.5 Å². The highest BCUT2D eigenvalue weighted by Gasteiger charge is 2.35. The Labute approximate surface area is 209 Å². The van der Waals surface area contributed by atoms with E-state index < -0.39 is 5.97 Å². The number of hydrogen-bond donors (Lipinski definition) is 1. The maximum atomic E-state index is 12.4. The van der Waals surface area contributed by atoms with E-state index in [1.165, 1.54) is 25.5 Å². The summed E-state index contributed by atoms with van der Waals surface area (Å²) in [6, 6.07) is 12.6.